The molecule has 1 fully saturated rings. The SMILES string of the molecule is CCOc1ccc(N2C(=O)NC(=O)C(=Cc3ccc(C)cc3)C2=O)cc1. The number of amides is 4. The van der Waals surface area contributed by atoms with Crippen LogP contribution in [0.3, 0.4) is 0 Å². The number of anilines is 1. The quantitative estimate of drug-likeness (QED) is 0.679. The van der Waals surface area contributed by atoms with Gasteiger partial charge in [0.15, 0.2) is 0 Å². The molecule has 0 bridgehead atoms. The maximum Gasteiger partial charge on any atom is 0.335 e. The van der Waals surface area contributed by atoms with E-state index < -0.39 is 17.8 Å². The van der Waals surface area contributed by atoms with Crippen molar-refractivity contribution in [2.24, 2.45) is 0 Å². The van der Waals surface area contributed by atoms with Gasteiger partial charge in [0.05, 0.1) is 12.3 Å². The van der Waals surface area contributed by atoms with Crippen LogP contribution in [-0.2, 0) is 9.59 Å². The average Bonchev–Trinajstić information content (AvgIpc) is 2.62. The van der Waals surface area contributed by atoms with Crippen LogP contribution in [0.1, 0.15) is 18.1 Å². The Hall–Kier alpha value is -3.41. The predicted octanol–water partition coefficient (Wildman–Crippen LogP) is 3.06. The first-order valence-electron chi connectivity index (χ1n) is 8.20. The van der Waals surface area contributed by atoms with Crippen molar-refractivity contribution in [2.75, 3.05) is 11.5 Å². The van der Waals surface area contributed by atoms with Crippen molar-refractivity contribution >= 4 is 29.6 Å². The number of benzene rings is 2. The Morgan fingerprint density at radius 2 is 1.65 bits per heavy atom. The van der Waals surface area contributed by atoms with Crippen LogP contribution >= 0.6 is 0 Å². The lowest BCUT2D eigenvalue weighted by Gasteiger charge is -2.26. The molecule has 26 heavy (non-hydrogen) atoms. The number of carbonyl (C=O) groups excluding carboxylic acids is 3. The Morgan fingerprint density at radius 3 is 2.27 bits per heavy atom. The van der Waals surface area contributed by atoms with Gasteiger partial charge in [0.2, 0.25) is 0 Å². The number of nitrogens with zero attached hydrogens (tertiary/aromatic N) is 1. The molecule has 0 unspecified atom stereocenters. The fraction of sp³-hybridized carbons (Fsp3) is 0.150. The summed E-state index contributed by atoms with van der Waals surface area (Å²) in [5.41, 5.74) is 2.04. The Balaban J connectivity index is 1.93. The van der Waals surface area contributed by atoms with E-state index in [0.717, 1.165) is 10.5 Å². The maximum absolute atomic E-state index is 12.8. The van der Waals surface area contributed by atoms with Gasteiger partial charge in [-0.2, -0.15) is 0 Å². The summed E-state index contributed by atoms with van der Waals surface area (Å²) in [6.45, 7) is 4.32. The van der Waals surface area contributed by atoms with Crippen LogP contribution in [-0.4, -0.2) is 24.5 Å². The van der Waals surface area contributed by atoms with E-state index >= 15 is 0 Å². The van der Waals surface area contributed by atoms with Gasteiger partial charge >= 0.3 is 6.03 Å². The fourth-order valence-corrected chi connectivity index (χ4v) is 2.58. The van der Waals surface area contributed by atoms with Crippen molar-refractivity contribution in [3.63, 3.8) is 0 Å². The number of imide groups is 2. The van der Waals surface area contributed by atoms with Gasteiger partial charge in [-0.1, -0.05) is 29.8 Å². The van der Waals surface area contributed by atoms with Crippen LogP contribution in [0.4, 0.5) is 10.5 Å². The fourth-order valence-electron chi connectivity index (χ4n) is 2.58. The molecule has 0 spiro atoms. The van der Waals surface area contributed by atoms with Crippen LogP contribution in [0, 0.1) is 6.92 Å². The van der Waals surface area contributed by atoms with Gasteiger partial charge in [0.1, 0.15) is 11.3 Å². The molecule has 0 saturated carbocycles. The van der Waals surface area contributed by atoms with E-state index in [-0.39, 0.29) is 5.57 Å². The van der Waals surface area contributed by atoms with Gasteiger partial charge in [-0.05, 0) is 49.8 Å². The third-order valence-corrected chi connectivity index (χ3v) is 3.90. The van der Waals surface area contributed by atoms with Gasteiger partial charge in [-0.15, -0.1) is 0 Å². The first-order valence-corrected chi connectivity index (χ1v) is 8.20. The second-order valence-electron chi connectivity index (χ2n) is 5.80. The zero-order chi connectivity index (χ0) is 18.7. The molecule has 0 atom stereocenters. The summed E-state index contributed by atoms with van der Waals surface area (Å²) in [5.74, 6) is -0.737. The lowest BCUT2D eigenvalue weighted by atomic mass is 10.1. The number of ether oxygens (including phenoxy) is 1. The maximum atomic E-state index is 12.8. The third kappa shape index (κ3) is 3.49. The standard InChI is InChI=1S/C20H18N2O4/c1-3-26-16-10-8-15(9-11-16)22-19(24)17(18(23)21-20(22)25)12-14-6-4-13(2)5-7-14/h4-12H,3H2,1-2H3,(H,21,23,25). The molecule has 1 aliphatic heterocycles. The largest absolute Gasteiger partial charge is 0.494 e. The van der Waals surface area contributed by atoms with Crippen LogP contribution in [0.2, 0.25) is 0 Å². The Kier molecular flexibility index (Phi) is 4.84. The molecule has 4 amide bonds. The second kappa shape index (κ2) is 7.23. The monoisotopic (exact) mass is 350 g/mol. The first-order chi connectivity index (χ1) is 12.5. The summed E-state index contributed by atoms with van der Waals surface area (Å²) in [5, 5.41) is 2.21. The number of rotatable bonds is 4. The van der Waals surface area contributed by atoms with E-state index in [1.807, 2.05) is 26.0 Å². The highest BCUT2D eigenvalue weighted by atomic mass is 16.5. The Morgan fingerprint density at radius 1 is 1.00 bits per heavy atom. The van der Waals surface area contributed by atoms with Gasteiger partial charge < -0.3 is 4.74 Å². The highest BCUT2D eigenvalue weighted by molar-refractivity contribution is 6.39. The minimum absolute atomic E-state index is 0.0951. The molecule has 1 N–H and O–H groups in total. The number of barbiturate groups is 1. The lowest BCUT2D eigenvalue weighted by molar-refractivity contribution is -0.122. The summed E-state index contributed by atoms with van der Waals surface area (Å²) >= 11 is 0. The van der Waals surface area contributed by atoms with Gasteiger partial charge in [0.25, 0.3) is 11.8 Å². The smallest absolute Gasteiger partial charge is 0.335 e. The summed E-state index contributed by atoms with van der Waals surface area (Å²) in [6.07, 6.45) is 1.48. The summed E-state index contributed by atoms with van der Waals surface area (Å²) in [6, 6.07) is 13.1. The van der Waals surface area contributed by atoms with Crippen molar-refractivity contribution in [3.05, 3.63) is 65.2 Å². The minimum Gasteiger partial charge on any atom is -0.494 e. The number of hydrogen-bond acceptors (Lipinski definition) is 4. The molecular formula is C20H18N2O4. The van der Waals surface area contributed by atoms with Gasteiger partial charge in [-0.25, -0.2) is 9.69 Å². The van der Waals surface area contributed by atoms with E-state index in [4.69, 9.17) is 4.74 Å². The van der Waals surface area contributed by atoms with Crippen molar-refractivity contribution in [3.8, 4) is 5.75 Å². The van der Waals surface area contributed by atoms with Crippen molar-refractivity contribution in [2.45, 2.75) is 13.8 Å². The summed E-state index contributed by atoms with van der Waals surface area (Å²) < 4.78 is 5.36. The lowest BCUT2D eigenvalue weighted by Crippen LogP contribution is -2.54. The van der Waals surface area contributed by atoms with Crippen LogP contribution in [0.25, 0.3) is 6.08 Å². The van der Waals surface area contributed by atoms with Crippen molar-refractivity contribution in [1.82, 2.24) is 5.32 Å². The molecule has 2 aromatic carbocycles. The average molecular weight is 350 g/mol. The van der Waals surface area contributed by atoms with Crippen molar-refractivity contribution < 1.29 is 19.1 Å². The second-order valence-corrected chi connectivity index (χ2v) is 5.80. The van der Waals surface area contributed by atoms with E-state index in [1.165, 1.54) is 6.08 Å². The zero-order valence-electron chi connectivity index (χ0n) is 14.5. The van der Waals surface area contributed by atoms with E-state index in [0.29, 0.717) is 23.6 Å². The molecule has 3 rings (SSSR count). The first kappa shape index (κ1) is 17.4. The molecule has 2 aromatic rings. The molecule has 0 radical (unpaired) electrons. The molecule has 132 valence electrons. The summed E-state index contributed by atoms with van der Waals surface area (Å²) in [4.78, 5) is 38.0. The topological polar surface area (TPSA) is 75.7 Å². The third-order valence-electron chi connectivity index (χ3n) is 3.90. The van der Waals surface area contributed by atoms with Gasteiger partial charge in [0, 0.05) is 0 Å². The predicted molar refractivity (Wildman–Crippen MR) is 97.8 cm³/mol. The Bertz CT molecular complexity index is 883. The van der Waals surface area contributed by atoms with Crippen molar-refractivity contribution in [1.29, 1.82) is 0 Å². The summed E-state index contributed by atoms with van der Waals surface area (Å²) in [7, 11) is 0. The normalized spacial score (nSPS) is 16.0. The molecule has 0 aromatic heterocycles. The molecule has 6 nitrogen and oxygen atoms in total. The molecular weight excluding hydrogens is 332 g/mol. The molecule has 0 aliphatic carbocycles. The van der Waals surface area contributed by atoms with E-state index in [2.05, 4.69) is 5.32 Å². The highest BCUT2D eigenvalue weighted by Crippen LogP contribution is 2.24. The Labute approximate surface area is 151 Å². The number of carbonyl (C=O) groups is 3. The molecule has 6 heteroatoms. The molecule has 1 aliphatic rings. The van der Waals surface area contributed by atoms with E-state index in [1.54, 1.807) is 36.4 Å². The number of aryl methyl sites for hydroxylation is 1. The zero-order valence-corrected chi connectivity index (χ0v) is 14.5. The number of nitrogens with one attached hydrogen (secondary N) is 1. The molecule has 1 heterocycles. The van der Waals surface area contributed by atoms with Crippen LogP contribution < -0.4 is 15.0 Å². The number of urea groups is 1. The molecule has 1 saturated heterocycles. The van der Waals surface area contributed by atoms with Crippen LogP contribution in [0.5, 0.6) is 5.75 Å². The number of hydrogen-bond donors (Lipinski definition) is 1. The van der Waals surface area contributed by atoms with Crippen LogP contribution in [0.15, 0.2) is 54.1 Å². The minimum atomic E-state index is -0.773. The van der Waals surface area contributed by atoms with Gasteiger partial charge in [-0.3, -0.25) is 14.9 Å². The van der Waals surface area contributed by atoms with E-state index in [9.17, 15) is 14.4 Å². The highest BCUT2D eigenvalue weighted by Gasteiger charge is 2.36.